The van der Waals surface area contributed by atoms with E-state index >= 15 is 0 Å². The van der Waals surface area contributed by atoms with Crippen molar-refractivity contribution in [2.24, 2.45) is 0 Å². The highest BCUT2D eigenvalue weighted by molar-refractivity contribution is 7.22. The van der Waals surface area contributed by atoms with Crippen molar-refractivity contribution in [1.82, 2.24) is 9.88 Å². The van der Waals surface area contributed by atoms with Gasteiger partial charge in [0.15, 0.2) is 5.75 Å². The number of hydrogen-bond donors (Lipinski definition) is 1. The number of para-hydroxylation sites is 1. The number of pyridine rings is 1. The molecule has 0 amide bonds. The number of nitrogens with zero attached hydrogens (tertiary/aromatic N) is 1. The predicted octanol–water partition coefficient (Wildman–Crippen LogP) is 6.59. The van der Waals surface area contributed by atoms with Gasteiger partial charge in [0.25, 0.3) is 0 Å². The van der Waals surface area contributed by atoms with E-state index in [9.17, 15) is 9.59 Å². The molecule has 0 radical (unpaired) electrons. The Hall–Kier alpha value is -4.60. The first kappa shape index (κ1) is 29.5. The fraction of sp³-hybridized carbons (Fsp3) is 0.257. The van der Waals surface area contributed by atoms with Crippen molar-refractivity contribution < 1.29 is 23.7 Å². The van der Waals surface area contributed by atoms with Crippen LogP contribution in [0.3, 0.4) is 0 Å². The number of carbonyl (C=O) groups is 1. The number of hydrogen-bond acceptors (Lipinski definition) is 8. The number of fused-ring (bicyclic) bond motifs is 2. The zero-order valence-corrected chi connectivity index (χ0v) is 25.7. The number of thiophene rings is 1. The molecule has 0 fully saturated rings. The number of carbonyl (C=O) groups excluding carboxylic acids is 1. The fourth-order valence-electron chi connectivity index (χ4n) is 5.81. The molecule has 226 valence electrons. The molecular weight excluding hydrogens is 576 g/mol. The van der Waals surface area contributed by atoms with Crippen LogP contribution in [0.1, 0.15) is 29.2 Å². The average Bonchev–Trinajstić information content (AvgIpc) is 3.64. The van der Waals surface area contributed by atoms with Gasteiger partial charge in [0.1, 0.15) is 16.3 Å². The highest BCUT2D eigenvalue weighted by atomic mass is 32.1. The Kier molecular flexibility index (Phi) is 8.67. The van der Waals surface area contributed by atoms with E-state index in [2.05, 4.69) is 29.6 Å². The molecule has 6 rings (SSSR count). The van der Waals surface area contributed by atoms with Gasteiger partial charge in [-0.3, -0.25) is 4.79 Å². The van der Waals surface area contributed by atoms with Gasteiger partial charge in [0.05, 0.1) is 39.0 Å². The maximum atomic E-state index is 14.1. The van der Waals surface area contributed by atoms with E-state index in [1.807, 2.05) is 53.1 Å². The SMILES string of the molecule is CCOC(=O)Oc1cn(Cc2ccccc2OC)c2sc(-c3ccc(OC)cc3)c(CNC3Cc4ccccc4C3)c2c1=O. The molecule has 1 N–H and O–H groups in total. The first-order valence-electron chi connectivity index (χ1n) is 14.6. The summed E-state index contributed by atoms with van der Waals surface area (Å²) in [6.07, 6.45) is 2.52. The van der Waals surface area contributed by atoms with E-state index in [0.717, 1.165) is 50.7 Å². The van der Waals surface area contributed by atoms with Crippen molar-refractivity contribution in [1.29, 1.82) is 0 Å². The average molecular weight is 611 g/mol. The summed E-state index contributed by atoms with van der Waals surface area (Å²) in [7, 11) is 3.27. The summed E-state index contributed by atoms with van der Waals surface area (Å²) in [5.41, 5.74) is 5.09. The zero-order valence-electron chi connectivity index (χ0n) is 24.9. The summed E-state index contributed by atoms with van der Waals surface area (Å²) in [5.74, 6) is 1.39. The van der Waals surface area contributed by atoms with Crippen molar-refractivity contribution in [2.75, 3.05) is 20.8 Å². The van der Waals surface area contributed by atoms with E-state index in [1.54, 1.807) is 38.7 Å². The van der Waals surface area contributed by atoms with Crippen LogP contribution in [0, 0.1) is 0 Å². The van der Waals surface area contributed by atoms with Crippen molar-refractivity contribution in [3.8, 4) is 27.7 Å². The van der Waals surface area contributed by atoms with Crippen LogP contribution < -0.4 is 25.0 Å². The molecule has 0 aliphatic heterocycles. The van der Waals surface area contributed by atoms with Crippen LogP contribution in [0.5, 0.6) is 17.2 Å². The Morgan fingerprint density at radius 3 is 2.32 bits per heavy atom. The van der Waals surface area contributed by atoms with Crippen LogP contribution in [0.15, 0.2) is 83.8 Å². The molecule has 1 aliphatic rings. The Morgan fingerprint density at radius 1 is 0.932 bits per heavy atom. The Labute approximate surface area is 259 Å². The first-order chi connectivity index (χ1) is 21.5. The third-order valence-corrected chi connectivity index (χ3v) is 9.25. The maximum absolute atomic E-state index is 14.1. The second-order valence-electron chi connectivity index (χ2n) is 10.6. The maximum Gasteiger partial charge on any atom is 0.514 e. The van der Waals surface area contributed by atoms with E-state index in [4.69, 9.17) is 18.9 Å². The number of methoxy groups -OCH3 is 2. The Bertz CT molecular complexity index is 1840. The van der Waals surface area contributed by atoms with Crippen LogP contribution >= 0.6 is 11.3 Å². The number of rotatable bonds is 10. The molecule has 0 saturated carbocycles. The zero-order chi connectivity index (χ0) is 30.6. The topological polar surface area (TPSA) is 88.0 Å². The van der Waals surface area contributed by atoms with Crippen molar-refractivity contribution in [3.63, 3.8) is 0 Å². The van der Waals surface area contributed by atoms with Gasteiger partial charge in [-0.25, -0.2) is 4.79 Å². The molecule has 2 aromatic heterocycles. The third-order valence-electron chi connectivity index (χ3n) is 7.93. The molecule has 1 aliphatic carbocycles. The summed E-state index contributed by atoms with van der Waals surface area (Å²) in [5, 5.41) is 4.25. The number of ether oxygens (including phenoxy) is 4. The largest absolute Gasteiger partial charge is 0.514 e. The van der Waals surface area contributed by atoms with Gasteiger partial charge in [-0.05, 0) is 72.4 Å². The summed E-state index contributed by atoms with van der Waals surface area (Å²) < 4.78 is 23.5. The van der Waals surface area contributed by atoms with Gasteiger partial charge < -0.3 is 28.8 Å². The molecule has 0 atom stereocenters. The minimum atomic E-state index is -0.915. The van der Waals surface area contributed by atoms with Crippen LogP contribution in [0.4, 0.5) is 4.79 Å². The Balaban J connectivity index is 1.49. The van der Waals surface area contributed by atoms with E-state index in [1.165, 1.54) is 11.1 Å². The fourth-order valence-corrected chi connectivity index (χ4v) is 7.11. The summed E-state index contributed by atoms with van der Waals surface area (Å²) in [6, 6.07) is 24.3. The summed E-state index contributed by atoms with van der Waals surface area (Å²) >= 11 is 1.54. The van der Waals surface area contributed by atoms with Gasteiger partial charge >= 0.3 is 6.16 Å². The second kappa shape index (κ2) is 13.0. The summed E-state index contributed by atoms with van der Waals surface area (Å²) in [4.78, 5) is 28.3. The van der Waals surface area contributed by atoms with Crippen LogP contribution in [0.25, 0.3) is 20.7 Å². The van der Waals surface area contributed by atoms with E-state index in [-0.39, 0.29) is 23.8 Å². The normalized spacial score (nSPS) is 12.7. The number of benzene rings is 3. The molecule has 0 spiro atoms. The molecule has 5 aromatic rings. The van der Waals surface area contributed by atoms with Crippen LogP contribution in [0.2, 0.25) is 0 Å². The predicted molar refractivity (Wildman–Crippen MR) is 172 cm³/mol. The van der Waals surface area contributed by atoms with Gasteiger partial charge in [-0.2, -0.15) is 0 Å². The monoisotopic (exact) mass is 610 g/mol. The molecule has 9 heteroatoms. The van der Waals surface area contributed by atoms with E-state index < -0.39 is 6.16 Å². The smallest absolute Gasteiger partial charge is 0.497 e. The molecule has 8 nitrogen and oxygen atoms in total. The van der Waals surface area contributed by atoms with Crippen molar-refractivity contribution in [3.05, 3.63) is 111 Å². The van der Waals surface area contributed by atoms with Crippen LogP contribution in [-0.2, 0) is 30.7 Å². The second-order valence-corrected chi connectivity index (χ2v) is 11.6. The third kappa shape index (κ3) is 5.93. The minimum Gasteiger partial charge on any atom is -0.497 e. The van der Waals surface area contributed by atoms with E-state index in [0.29, 0.717) is 18.5 Å². The lowest BCUT2D eigenvalue weighted by molar-refractivity contribution is 0.104. The highest BCUT2D eigenvalue weighted by Gasteiger charge is 2.26. The molecular formula is C35H34N2O6S. The standard InChI is InChI=1S/C35H34N2O6S/c1-4-42-35(39)43-30-21-37(20-25-11-7-8-12-29(25)41-3)34-31(32(30)38)28(33(44-34)22-13-15-27(40-2)16-14-22)19-36-26-17-23-9-5-6-10-24(23)18-26/h5-16,21,26,36H,4,17-20H2,1-3H3. The minimum absolute atomic E-state index is 0.0838. The Morgan fingerprint density at radius 2 is 1.64 bits per heavy atom. The molecule has 0 saturated heterocycles. The lowest BCUT2D eigenvalue weighted by Crippen LogP contribution is -2.29. The van der Waals surface area contributed by atoms with Crippen molar-refractivity contribution >= 4 is 27.7 Å². The van der Waals surface area contributed by atoms with Gasteiger partial charge in [-0.1, -0.05) is 42.5 Å². The first-order valence-corrected chi connectivity index (χ1v) is 15.4. The summed E-state index contributed by atoms with van der Waals surface area (Å²) in [6.45, 7) is 2.69. The number of aromatic nitrogens is 1. The van der Waals surface area contributed by atoms with Gasteiger partial charge in [0.2, 0.25) is 5.43 Å². The quantitative estimate of drug-likeness (QED) is 0.179. The molecule has 44 heavy (non-hydrogen) atoms. The number of nitrogens with one attached hydrogen (secondary N) is 1. The van der Waals surface area contributed by atoms with Crippen molar-refractivity contribution in [2.45, 2.75) is 38.9 Å². The highest BCUT2D eigenvalue weighted by Crippen LogP contribution is 2.39. The van der Waals surface area contributed by atoms with Crippen LogP contribution in [-0.4, -0.2) is 37.6 Å². The molecule has 0 unspecified atom stereocenters. The van der Waals surface area contributed by atoms with Gasteiger partial charge in [-0.15, -0.1) is 11.3 Å². The molecule has 0 bridgehead atoms. The molecule has 2 heterocycles. The molecule has 3 aromatic carbocycles. The lowest BCUT2D eigenvalue weighted by atomic mass is 10.1. The van der Waals surface area contributed by atoms with Gasteiger partial charge in [0, 0.05) is 23.0 Å². The lowest BCUT2D eigenvalue weighted by Gasteiger charge is -2.15.